The van der Waals surface area contributed by atoms with Crippen LogP contribution in [0.4, 0.5) is 4.79 Å². The number of piperazine rings is 1. The Morgan fingerprint density at radius 3 is 2.61 bits per heavy atom. The molecule has 2 amide bonds. The molecule has 5 heteroatoms. The number of hydrogen-bond donors (Lipinski definition) is 0. The number of rotatable bonds is 2. The van der Waals surface area contributed by atoms with Gasteiger partial charge >= 0.3 is 6.03 Å². The van der Waals surface area contributed by atoms with Crippen molar-refractivity contribution in [2.45, 2.75) is 6.54 Å². The Bertz CT molecular complexity index is 385. The van der Waals surface area contributed by atoms with Crippen LogP contribution in [-0.2, 0) is 6.54 Å². The van der Waals surface area contributed by atoms with Crippen molar-refractivity contribution >= 4 is 6.03 Å². The topological polar surface area (TPSA) is 39.7 Å². The molecule has 1 aromatic heterocycles. The van der Waals surface area contributed by atoms with Crippen LogP contribution in [0.3, 0.4) is 0 Å². The van der Waals surface area contributed by atoms with Crippen LogP contribution in [0.25, 0.3) is 0 Å². The fourth-order valence-electron chi connectivity index (χ4n) is 2.13. The largest absolute Gasteiger partial charge is 0.331 e. The number of pyridine rings is 1. The Morgan fingerprint density at radius 1 is 1.33 bits per heavy atom. The smallest absolute Gasteiger partial charge is 0.319 e. The van der Waals surface area contributed by atoms with E-state index in [0.29, 0.717) is 0 Å². The van der Waals surface area contributed by atoms with Crippen molar-refractivity contribution in [3.8, 4) is 0 Å². The average molecular weight is 248 g/mol. The van der Waals surface area contributed by atoms with E-state index in [1.807, 2.05) is 17.2 Å². The fourth-order valence-corrected chi connectivity index (χ4v) is 2.13. The molecule has 1 aliphatic rings. The molecule has 0 atom stereocenters. The molecule has 0 aromatic carbocycles. The highest BCUT2D eigenvalue weighted by Gasteiger charge is 2.21. The maximum Gasteiger partial charge on any atom is 0.319 e. The van der Waals surface area contributed by atoms with Crippen molar-refractivity contribution in [3.05, 3.63) is 30.1 Å². The third-order valence-corrected chi connectivity index (χ3v) is 3.15. The highest BCUT2D eigenvalue weighted by Crippen LogP contribution is 2.08. The molecule has 2 heterocycles. The van der Waals surface area contributed by atoms with Crippen LogP contribution in [-0.4, -0.2) is 66.0 Å². The van der Waals surface area contributed by atoms with Crippen molar-refractivity contribution in [2.75, 3.05) is 40.3 Å². The SMILES string of the molecule is CN(C)C(=O)N1CCN(Cc2cccnc2)CC1. The van der Waals surface area contributed by atoms with Gasteiger partial charge in [-0.3, -0.25) is 9.88 Å². The van der Waals surface area contributed by atoms with Gasteiger partial charge < -0.3 is 9.80 Å². The number of nitrogens with zero attached hydrogens (tertiary/aromatic N) is 4. The number of hydrogen-bond acceptors (Lipinski definition) is 3. The summed E-state index contributed by atoms with van der Waals surface area (Å²) in [6.07, 6.45) is 3.69. The maximum atomic E-state index is 11.8. The summed E-state index contributed by atoms with van der Waals surface area (Å²) >= 11 is 0. The highest BCUT2D eigenvalue weighted by molar-refractivity contribution is 5.73. The average Bonchev–Trinajstić information content (AvgIpc) is 2.40. The van der Waals surface area contributed by atoms with E-state index in [1.54, 1.807) is 25.2 Å². The first-order valence-corrected chi connectivity index (χ1v) is 6.24. The Labute approximate surface area is 108 Å². The second-order valence-corrected chi connectivity index (χ2v) is 4.80. The molecule has 0 aliphatic carbocycles. The zero-order valence-electron chi connectivity index (χ0n) is 11.0. The van der Waals surface area contributed by atoms with Gasteiger partial charge in [0.25, 0.3) is 0 Å². The monoisotopic (exact) mass is 248 g/mol. The van der Waals surface area contributed by atoms with Crippen molar-refractivity contribution < 1.29 is 4.79 Å². The van der Waals surface area contributed by atoms with Crippen LogP contribution in [0.15, 0.2) is 24.5 Å². The lowest BCUT2D eigenvalue weighted by atomic mass is 10.2. The predicted octanol–water partition coefficient (Wildman–Crippen LogP) is 0.881. The molecule has 2 rings (SSSR count). The lowest BCUT2D eigenvalue weighted by Crippen LogP contribution is -2.51. The Morgan fingerprint density at radius 2 is 2.06 bits per heavy atom. The van der Waals surface area contributed by atoms with Crippen molar-refractivity contribution in [1.29, 1.82) is 0 Å². The third-order valence-electron chi connectivity index (χ3n) is 3.15. The Balaban J connectivity index is 1.82. The molecule has 98 valence electrons. The van der Waals surface area contributed by atoms with Gasteiger partial charge in [-0.1, -0.05) is 6.07 Å². The zero-order valence-corrected chi connectivity index (χ0v) is 11.0. The van der Waals surface area contributed by atoms with E-state index in [2.05, 4.69) is 16.0 Å². The molecule has 0 unspecified atom stereocenters. The van der Waals surface area contributed by atoms with Gasteiger partial charge in [0.1, 0.15) is 0 Å². The molecule has 0 radical (unpaired) electrons. The Kier molecular flexibility index (Phi) is 4.15. The molecule has 1 aromatic rings. The quantitative estimate of drug-likeness (QED) is 0.780. The predicted molar refractivity (Wildman–Crippen MR) is 70.2 cm³/mol. The van der Waals surface area contributed by atoms with E-state index in [0.717, 1.165) is 32.7 Å². The second-order valence-electron chi connectivity index (χ2n) is 4.80. The number of urea groups is 1. The molecule has 1 fully saturated rings. The van der Waals surface area contributed by atoms with Gasteiger partial charge in [-0.2, -0.15) is 0 Å². The first-order chi connectivity index (χ1) is 8.66. The molecule has 0 spiro atoms. The molecule has 0 saturated carbocycles. The summed E-state index contributed by atoms with van der Waals surface area (Å²) < 4.78 is 0. The maximum absolute atomic E-state index is 11.8. The van der Waals surface area contributed by atoms with Crippen LogP contribution in [0.1, 0.15) is 5.56 Å². The van der Waals surface area contributed by atoms with Crippen LogP contribution in [0.5, 0.6) is 0 Å². The molecule has 18 heavy (non-hydrogen) atoms. The minimum atomic E-state index is 0.107. The standard InChI is InChI=1S/C13H20N4O/c1-15(2)13(18)17-8-6-16(7-9-17)11-12-4-3-5-14-10-12/h3-5,10H,6-9,11H2,1-2H3. The van der Waals surface area contributed by atoms with E-state index >= 15 is 0 Å². The molecule has 1 saturated heterocycles. The highest BCUT2D eigenvalue weighted by atomic mass is 16.2. The molecular weight excluding hydrogens is 228 g/mol. The van der Waals surface area contributed by atoms with E-state index < -0.39 is 0 Å². The summed E-state index contributed by atoms with van der Waals surface area (Å²) in [7, 11) is 3.59. The summed E-state index contributed by atoms with van der Waals surface area (Å²) in [6, 6.07) is 4.15. The number of amides is 2. The summed E-state index contributed by atoms with van der Waals surface area (Å²) in [4.78, 5) is 21.8. The molecule has 0 N–H and O–H groups in total. The van der Waals surface area contributed by atoms with Gasteiger partial charge in [-0.15, -0.1) is 0 Å². The number of carbonyl (C=O) groups is 1. The molecule has 0 bridgehead atoms. The molecular formula is C13H20N4O. The third kappa shape index (κ3) is 3.20. The van der Waals surface area contributed by atoms with Gasteiger partial charge in [0.2, 0.25) is 0 Å². The van der Waals surface area contributed by atoms with Crippen LogP contribution in [0, 0.1) is 0 Å². The van der Waals surface area contributed by atoms with Gasteiger partial charge in [-0.05, 0) is 11.6 Å². The van der Waals surface area contributed by atoms with E-state index in [4.69, 9.17) is 0 Å². The van der Waals surface area contributed by atoms with Crippen molar-refractivity contribution in [2.24, 2.45) is 0 Å². The fraction of sp³-hybridized carbons (Fsp3) is 0.538. The van der Waals surface area contributed by atoms with E-state index in [-0.39, 0.29) is 6.03 Å². The van der Waals surface area contributed by atoms with Gasteiger partial charge in [0.05, 0.1) is 0 Å². The van der Waals surface area contributed by atoms with Crippen LogP contribution in [0.2, 0.25) is 0 Å². The van der Waals surface area contributed by atoms with E-state index in [9.17, 15) is 4.79 Å². The summed E-state index contributed by atoms with van der Waals surface area (Å²) in [5.41, 5.74) is 1.23. The molecule has 5 nitrogen and oxygen atoms in total. The first kappa shape index (κ1) is 12.8. The normalized spacial score (nSPS) is 16.7. The minimum absolute atomic E-state index is 0.107. The lowest BCUT2D eigenvalue weighted by Gasteiger charge is -2.35. The zero-order chi connectivity index (χ0) is 13.0. The van der Waals surface area contributed by atoms with E-state index in [1.165, 1.54) is 5.56 Å². The number of aromatic nitrogens is 1. The summed E-state index contributed by atoms with van der Waals surface area (Å²) in [5.74, 6) is 0. The van der Waals surface area contributed by atoms with Crippen molar-refractivity contribution in [3.63, 3.8) is 0 Å². The van der Waals surface area contributed by atoms with Crippen LogP contribution >= 0.6 is 0 Å². The van der Waals surface area contributed by atoms with Gasteiger partial charge in [-0.25, -0.2) is 4.79 Å². The lowest BCUT2D eigenvalue weighted by molar-refractivity contribution is 0.120. The minimum Gasteiger partial charge on any atom is -0.331 e. The second kappa shape index (κ2) is 5.82. The van der Waals surface area contributed by atoms with Crippen LogP contribution < -0.4 is 0 Å². The van der Waals surface area contributed by atoms with Crippen molar-refractivity contribution in [1.82, 2.24) is 19.7 Å². The number of carbonyl (C=O) groups excluding carboxylic acids is 1. The molecule has 1 aliphatic heterocycles. The first-order valence-electron chi connectivity index (χ1n) is 6.24. The van der Waals surface area contributed by atoms with Gasteiger partial charge in [0, 0.05) is 59.2 Å². The van der Waals surface area contributed by atoms with Gasteiger partial charge in [0.15, 0.2) is 0 Å². The summed E-state index contributed by atoms with van der Waals surface area (Å²) in [5, 5.41) is 0. The summed E-state index contributed by atoms with van der Waals surface area (Å²) in [6.45, 7) is 4.37. The Hall–Kier alpha value is -1.62.